The summed E-state index contributed by atoms with van der Waals surface area (Å²) in [5.74, 6) is 2.85. The maximum atomic E-state index is 4.48. The van der Waals surface area contributed by atoms with Crippen LogP contribution in [-0.4, -0.2) is 22.6 Å². The van der Waals surface area contributed by atoms with Gasteiger partial charge in [0.1, 0.15) is 18.0 Å². The van der Waals surface area contributed by atoms with Crippen LogP contribution in [-0.2, 0) is 6.42 Å². The van der Waals surface area contributed by atoms with E-state index in [2.05, 4.69) is 41.4 Å². The Labute approximate surface area is 122 Å². The van der Waals surface area contributed by atoms with Crippen LogP contribution in [0.5, 0.6) is 0 Å². The largest absolute Gasteiger partial charge is 0.370 e. The lowest BCUT2D eigenvalue weighted by Crippen LogP contribution is -2.31. The van der Waals surface area contributed by atoms with Crippen molar-refractivity contribution >= 4 is 11.6 Å². The number of nitrogens with zero attached hydrogens (tertiary/aromatic N) is 2. The first-order valence-corrected chi connectivity index (χ1v) is 8.10. The highest BCUT2D eigenvalue weighted by molar-refractivity contribution is 5.57. The zero-order valence-electron chi connectivity index (χ0n) is 13.1. The Morgan fingerprint density at radius 3 is 2.55 bits per heavy atom. The minimum atomic E-state index is 0.508. The molecule has 2 N–H and O–H groups in total. The summed E-state index contributed by atoms with van der Waals surface area (Å²) in [4.78, 5) is 8.90. The standard InChI is InChI=1S/C16H28N4/c1-4-7-14-15(17-10-5-2)18-11-19-16(14)20-12(3)13-8-6-9-13/h11-13H,4-10H2,1-3H3,(H2,17,18,19,20). The number of anilines is 2. The third-order valence-electron chi connectivity index (χ3n) is 4.21. The van der Waals surface area contributed by atoms with Gasteiger partial charge in [-0.1, -0.05) is 26.7 Å². The van der Waals surface area contributed by atoms with Crippen LogP contribution in [0.3, 0.4) is 0 Å². The molecular formula is C16H28N4. The van der Waals surface area contributed by atoms with Gasteiger partial charge in [-0.25, -0.2) is 9.97 Å². The van der Waals surface area contributed by atoms with Gasteiger partial charge in [0.05, 0.1) is 0 Å². The van der Waals surface area contributed by atoms with Crippen LogP contribution in [0.15, 0.2) is 6.33 Å². The Balaban J connectivity index is 2.12. The van der Waals surface area contributed by atoms with Crippen LogP contribution < -0.4 is 10.6 Å². The molecule has 0 aromatic carbocycles. The Hall–Kier alpha value is -1.32. The number of hydrogen-bond donors (Lipinski definition) is 2. The van der Waals surface area contributed by atoms with Gasteiger partial charge < -0.3 is 10.6 Å². The fourth-order valence-corrected chi connectivity index (χ4v) is 2.69. The minimum absolute atomic E-state index is 0.508. The molecule has 1 fully saturated rings. The summed E-state index contributed by atoms with van der Waals surface area (Å²) in [6, 6.07) is 0.508. The molecule has 1 unspecified atom stereocenters. The van der Waals surface area contributed by atoms with Crippen molar-refractivity contribution in [1.29, 1.82) is 0 Å². The highest BCUT2D eigenvalue weighted by Gasteiger charge is 2.25. The second kappa shape index (κ2) is 7.46. The summed E-state index contributed by atoms with van der Waals surface area (Å²) < 4.78 is 0. The maximum absolute atomic E-state index is 4.48. The molecule has 4 heteroatoms. The van der Waals surface area contributed by atoms with Gasteiger partial charge in [-0.2, -0.15) is 0 Å². The molecule has 0 radical (unpaired) electrons. The molecule has 1 heterocycles. The van der Waals surface area contributed by atoms with Gasteiger partial charge in [0.25, 0.3) is 0 Å². The molecule has 1 aromatic heterocycles. The van der Waals surface area contributed by atoms with Gasteiger partial charge >= 0.3 is 0 Å². The number of nitrogens with one attached hydrogen (secondary N) is 2. The first-order valence-electron chi connectivity index (χ1n) is 8.10. The van der Waals surface area contributed by atoms with Crippen molar-refractivity contribution in [2.75, 3.05) is 17.2 Å². The molecule has 1 aromatic rings. The van der Waals surface area contributed by atoms with Gasteiger partial charge in [-0.15, -0.1) is 0 Å². The van der Waals surface area contributed by atoms with E-state index in [-0.39, 0.29) is 0 Å². The molecule has 2 rings (SSSR count). The molecule has 1 aliphatic carbocycles. The van der Waals surface area contributed by atoms with Crippen LogP contribution >= 0.6 is 0 Å². The quantitative estimate of drug-likeness (QED) is 0.757. The van der Waals surface area contributed by atoms with E-state index >= 15 is 0 Å². The van der Waals surface area contributed by atoms with Crippen molar-refractivity contribution in [3.8, 4) is 0 Å². The molecule has 0 aliphatic heterocycles. The molecule has 4 nitrogen and oxygen atoms in total. The van der Waals surface area contributed by atoms with E-state index in [4.69, 9.17) is 0 Å². The number of hydrogen-bond acceptors (Lipinski definition) is 4. The summed E-state index contributed by atoms with van der Waals surface area (Å²) in [5.41, 5.74) is 1.25. The third-order valence-corrected chi connectivity index (χ3v) is 4.21. The molecule has 0 bridgehead atoms. The predicted octanol–water partition coefficient (Wildman–Crippen LogP) is 3.85. The Kier molecular flexibility index (Phi) is 5.62. The van der Waals surface area contributed by atoms with Crippen LogP contribution in [0, 0.1) is 5.92 Å². The summed E-state index contributed by atoms with van der Waals surface area (Å²) >= 11 is 0. The van der Waals surface area contributed by atoms with Gasteiger partial charge in [0.15, 0.2) is 0 Å². The van der Waals surface area contributed by atoms with Crippen molar-refractivity contribution < 1.29 is 0 Å². The Bertz CT molecular complexity index is 415. The lowest BCUT2D eigenvalue weighted by atomic mass is 9.80. The van der Waals surface area contributed by atoms with Crippen LogP contribution in [0.25, 0.3) is 0 Å². The van der Waals surface area contributed by atoms with Crippen LogP contribution in [0.4, 0.5) is 11.6 Å². The molecule has 20 heavy (non-hydrogen) atoms. The summed E-state index contributed by atoms with van der Waals surface area (Å²) in [6.07, 6.45) is 9.00. The second-order valence-electron chi connectivity index (χ2n) is 5.85. The van der Waals surface area contributed by atoms with Crippen molar-refractivity contribution in [1.82, 2.24) is 9.97 Å². The maximum Gasteiger partial charge on any atom is 0.134 e. The first-order chi connectivity index (χ1) is 9.76. The zero-order valence-corrected chi connectivity index (χ0v) is 13.1. The zero-order chi connectivity index (χ0) is 14.4. The first kappa shape index (κ1) is 15.1. The topological polar surface area (TPSA) is 49.8 Å². The predicted molar refractivity (Wildman–Crippen MR) is 85.2 cm³/mol. The molecule has 1 saturated carbocycles. The molecule has 0 amide bonds. The minimum Gasteiger partial charge on any atom is -0.370 e. The van der Waals surface area contributed by atoms with Gasteiger partial charge in [0.2, 0.25) is 0 Å². The lowest BCUT2D eigenvalue weighted by Gasteiger charge is -2.32. The van der Waals surface area contributed by atoms with Gasteiger partial charge in [-0.05, 0) is 38.5 Å². The van der Waals surface area contributed by atoms with Crippen molar-refractivity contribution in [2.45, 2.75) is 65.3 Å². The smallest absolute Gasteiger partial charge is 0.134 e. The molecule has 0 spiro atoms. The highest BCUT2D eigenvalue weighted by Crippen LogP contribution is 2.32. The normalized spacial score (nSPS) is 16.6. The summed E-state index contributed by atoms with van der Waals surface area (Å²) in [5, 5.41) is 7.05. The van der Waals surface area contributed by atoms with E-state index in [0.29, 0.717) is 6.04 Å². The molecular weight excluding hydrogens is 248 g/mol. The van der Waals surface area contributed by atoms with Gasteiger partial charge in [-0.3, -0.25) is 0 Å². The highest BCUT2D eigenvalue weighted by atomic mass is 15.1. The summed E-state index contributed by atoms with van der Waals surface area (Å²) in [6.45, 7) is 7.62. The fourth-order valence-electron chi connectivity index (χ4n) is 2.69. The molecule has 1 atom stereocenters. The third kappa shape index (κ3) is 3.62. The van der Waals surface area contributed by atoms with E-state index in [9.17, 15) is 0 Å². The number of aromatic nitrogens is 2. The fraction of sp³-hybridized carbons (Fsp3) is 0.750. The average Bonchev–Trinajstić information content (AvgIpc) is 2.37. The van der Waals surface area contributed by atoms with E-state index in [0.717, 1.165) is 43.4 Å². The molecule has 0 saturated heterocycles. The molecule has 112 valence electrons. The molecule has 1 aliphatic rings. The van der Waals surface area contributed by atoms with Crippen LogP contribution in [0.1, 0.15) is 58.4 Å². The van der Waals surface area contributed by atoms with E-state index in [1.165, 1.54) is 24.8 Å². The average molecular weight is 276 g/mol. The van der Waals surface area contributed by atoms with Crippen molar-refractivity contribution in [3.63, 3.8) is 0 Å². The Morgan fingerprint density at radius 1 is 1.20 bits per heavy atom. The van der Waals surface area contributed by atoms with Crippen LogP contribution in [0.2, 0.25) is 0 Å². The van der Waals surface area contributed by atoms with Crippen molar-refractivity contribution in [2.24, 2.45) is 5.92 Å². The summed E-state index contributed by atoms with van der Waals surface area (Å²) in [7, 11) is 0. The Morgan fingerprint density at radius 2 is 1.95 bits per heavy atom. The van der Waals surface area contributed by atoms with E-state index < -0.39 is 0 Å². The van der Waals surface area contributed by atoms with Crippen molar-refractivity contribution in [3.05, 3.63) is 11.9 Å². The second-order valence-corrected chi connectivity index (χ2v) is 5.85. The monoisotopic (exact) mass is 276 g/mol. The van der Waals surface area contributed by atoms with E-state index in [1.807, 2.05) is 0 Å². The van der Waals surface area contributed by atoms with Gasteiger partial charge in [0, 0.05) is 18.2 Å². The number of rotatable bonds is 8. The lowest BCUT2D eigenvalue weighted by molar-refractivity contribution is 0.285. The van der Waals surface area contributed by atoms with E-state index in [1.54, 1.807) is 6.33 Å². The SMILES string of the molecule is CCCNc1ncnc(NC(C)C2CCC2)c1CCC.